The van der Waals surface area contributed by atoms with Gasteiger partial charge in [-0.05, 0) is 25.3 Å². The largest absolute Gasteiger partial charge is 0.392 e. The second kappa shape index (κ2) is 3.14. The monoisotopic (exact) mass is 180 g/mol. The van der Waals surface area contributed by atoms with Gasteiger partial charge in [0.1, 0.15) is 0 Å². The van der Waals surface area contributed by atoms with E-state index in [0.29, 0.717) is 5.92 Å². The first-order chi connectivity index (χ1) is 6.18. The van der Waals surface area contributed by atoms with Gasteiger partial charge in [-0.2, -0.15) is 5.10 Å². The molecule has 1 aliphatic rings. The van der Waals surface area contributed by atoms with Crippen LogP contribution < -0.4 is 0 Å². The van der Waals surface area contributed by atoms with Crippen molar-refractivity contribution in [2.24, 2.45) is 7.05 Å². The zero-order valence-electron chi connectivity index (χ0n) is 8.20. The Hall–Kier alpha value is -0.830. The summed E-state index contributed by atoms with van der Waals surface area (Å²) in [4.78, 5) is 0. The smallest absolute Gasteiger partial charge is 0.0629 e. The number of hydrogen-bond acceptors (Lipinski definition) is 2. The van der Waals surface area contributed by atoms with E-state index in [1.54, 1.807) is 0 Å². The highest BCUT2D eigenvalue weighted by Crippen LogP contribution is 2.35. The summed E-state index contributed by atoms with van der Waals surface area (Å²) >= 11 is 0. The van der Waals surface area contributed by atoms with Crippen LogP contribution in [0.5, 0.6) is 0 Å². The molecule has 0 saturated heterocycles. The highest BCUT2D eigenvalue weighted by atomic mass is 16.3. The molecule has 1 heterocycles. The molecule has 2 atom stereocenters. The zero-order chi connectivity index (χ0) is 9.42. The summed E-state index contributed by atoms with van der Waals surface area (Å²) in [6.07, 6.45) is 5.07. The Morgan fingerprint density at radius 2 is 2.31 bits per heavy atom. The van der Waals surface area contributed by atoms with Gasteiger partial charge in [-0.3, -0.25) is 4.68 Å². The van der Waals surface area contributed by atoms with E-state index in [1.165, 1.54) is 5.56 Å². The molecule has 0 amide bonds. The molecule has 3 heteroatoms. The lowest BCUT2D eigenvalue weighted by Gasteiger charge is -2.12. The number of hydrogen-bond donors (Lipinski definition) is 1. The fourth-order valence-electron chi connectivity index (χ4n) is 2.29. The first kappa shape index (κ1) is 8.75. The highest BCUT2D eigenvalue weighted by molar-refractivity contribution is 5.23. The summed E-state index contributed by atoms with van der Waals surface area (Å²) in [7, 11) is 1.93. The molecule has 1 aromatic rings. The minimum Gasteiger partial charge on any atom is -0.392 e. The third-order valence-electron chi connectivity index (χ3n) is 2.93. The van der Waals surface area contributed by atoms with Gasteiger partial charge in [0.25, 0.3) is 0 Å². The van der Waals surface area contributed by atoms with Crippen molar-refractivity contribution in [2.75, 3.05) is 0 Å². The fraction of sp³-hybridized carbons (Fsp3) is 0.700. The Morgan fingerprint density at radius 3 is 2.77 bits per heavy atom. The van der Waals surface area contributed by atoms with Gasteiger partial charge in [-0.1, -0.05) is 6.42 Å². The summed E-state index contributed by atoms with van der Waals surface area (Å²) in [5.74, 6) is 0.327. The molecule has 72 valence electrons. The Bertz CT molecular complexity index is 306. The van der Waals surface area contributed by atoms with E-state index in [9.17, 15) is 5.11 Å². The first-order valence-electron chi connectivity index (χ1n) is 4.86. The second-order valence-electron chi connectivity index (χ2n) is 3.95. The number of nitrogens with zero attached hydrogens (tertiary/aromatic N) is 2. The number of aliphatic hydroxyl groups is 1. The molecule has 2 unspecified atom stereocenters. The van der Waals surface area contributed by atoms with Crippen LogP contribution in [0.4, 0.5) is 0 Å². The lowest BCUT2D eigenvalue weighted by molar-refractivity contribution is 0.163. The molecule has 3 nitrogen and oxygen atoms in total. The van der Waals surface area contributed by atoms with Crippen molar-refractivity contribution >= 4 is 0 Å². The van der Waals surface area contributed by atoms with Gasteiger partial charge < -0.3 is 5.11 Å². The fourth-order valence-corrected chi connectivity index (χ4v) is 2.29. The molecule has 1 N–H and O–H groups in total. The summed E-state index contributed by atoms with van der Waals surface area (Å²) in [6, 6.07) is 0. The van der Waals surface area contributed by atoms with Gasteiger partial charge >= 0.3 is 0 Å². The molecule has 0 bridgehead atoms. The molecular weight excluding hydrogens is 164 g/mol. The maximum Gasteiger partial charge on any atom is 0.0629 e. The van der Waals surface area contributed by atoms with E-state index >= 15 is 0 Å². The van der Waals surface area contributed by atoms with Crippen molar-refractivity contribution in [3.8, 4) is 0 Å². The molecule has 1 saturated carbocycles. The Labute approximate surface area is 78.4 Å². The highest BCUT2D eigenvalue weighted by Gasteiger charge is 2.28. The zero-order valence-corrected chi connectivity index (χ0v) is 8.20. The van der Waals surface area contributed by atoms with Crippen LogP contribution in [0.2, 0.25) is 0 Å². The Kier molecular flexibility index (Phi) is 2.12. The average molecular weight is 180 g/mol. The molecule has 13 heavy (non-hydrogen) atoms. The topological polar surface area (TPSA) is 38.0 Å². The van der Waals surface area contributed by atoms with Gasteiger partial charge in [-0.25, -0.2) is 0 Å². The first-order valence-corrected chi connectivity index (χ1v) is 4.86. The maximum absolute atomic E-state index is 9.74. The summed E-state index contributed by atoms with van der Waals surface area (Å²) in [6.45, 7) is 2.01. The molecule has 0 aromatic carbocycles. The van der Waals surface area contributed by atoms with Crippen molar-refractivity contribution in [3.05, 3.63) is 17.5 Å². The standard InChI is InChI=1S/C10H16N2O/c1-7-9(6-12(2)11-7)8-4-3-5-10(8)13/h6,8,10,13H,3-5H2,1-2H3. The predicted molar refractivity (Wildman–Crippen MR) is 50.5 cm³/mol. The van der Waals surface area contributed by atoms with Crippen LogP contribution in [0, 0.1) is 6.92 Å². The molecule has 1 aromatic heterocycles. The number of rotatable bonds is 1. The second-order valence-corrected chi connectivity index (χ2v) is 3.95. The van der Waals surface area contributed by atoms with Crippen molar-refractivity contribution in [2.45, 2.75) is 38.2 Å². The van der Waals surface area contributed by atoms with Crippen LogP contribution in [-0.2, 0) is 7.05 Å². The van der Waals surface area contributed by atoms with E-state index in [4.69, 9.17) is 0 Å². The third-order valence-corrected chi connectivity index (χ3v) is 2.93. The number of aromatic nitrogens is 2. The lowest BCUT2D eigenvalue weighted by Crippen LogP contribution is -2.11. The van der Waals surface area contributed by atoms with Crippen LogP contribution in [0.3, 0.4) is 0 Å². The van der Waals surface area contributed by atoms with Gasteiger partial charge in [0.05, 0.1) is 11.8 Å². The van der Waals surface area contributed by atoms with Crippen LogP contribution in [0.25, 0.3) is 0 Å². The Balaban J connectivity index is 2.28. The van der Waals surface area contributed by atoms with Crippen LogP contribution in [0.1, 0.15) is 36.4 Å². The summed E-state index contributed by atoms with van der Waals surface area (Å²) < 4.78 is 1.83. The molecular formula is C10H16N2O. The molecule has 0 spiro atoms. The predicted octanol–water partition coefficient (Wildman–Crippen LogP) is 1.36. The molecule has 0 radical (unpaired) electrons. The van der Waals surface area contributed by atoms with E-state index in [0.717, 1.165) is 25.0 Å². The number of aliphatic hydroxyl groups excluding tert-OH is 1. The van der Waals surface area contributed by atoms with Gasteiger partial charge in [-0.15, -0.1) is 0 Å². The molecule has 1 fully saturated rings. The van der Waals surface area contributed by atoms with Crippen molar-refractivity contribution in [1.29, 1.82) is 0 Å². The van der Waals surface area contributed by atoms with Crippen molar-refractivity contribution in [1.82, 2.24) is 9.78 Å². The van der Waals surface area contributed by atoms with Crippen molar-refractivity contribution in [3.63, 3.8) is 0 Å². The Morgan fingerprint density at radius 1 is 1.54 bits per heavy atom. The molecule has 0 aliphatic heterocycles. The van der Waals surface area contributed by atoms with Crippen LogP contribution in [-0.4, -0.2) is 21.0 Å². The molecule has 2 rings (SSSR count). The van der Waals surface area contributed by atoms with E-state index in [-0.39, 0.29) is 6.10 Å². The van der Waals surface area contributed by atoms with Gasteiger partial charge in [0, 0.05) is 19.2 Å². The minimum atomic E-state index is -0.150. The van der Waals surface area contributed by atoms with Gasteiger partial charge in [0.15, 0.2) is 0 Å². The number of aryl methyl sites for hydroxylation is 2. The lowest BCUT2D eigenvalue weighted by atomic mass is 9.97. The normalized spacial score (nSPS) is 28.2. The average Bonchev–Trinajstić information content (AvgIpc) is 2.58. The van der Waals surface area contributed by atoms with Crippen LogP contribution >= 0.6 is 0 Å². The quantitative estimate of drug-likeness (QED) is 0.708. The summed E-state index contributed by atoms with van der Waals surface area (Å²) in [5.41, 5.74) is 2.29. The SMILES string of the molecule is Cc1nn(C)cc1C1CCCC1O. The van der Waals surface area contributed by atoms with E-state index in [1.807, 2.05) is 24.9 Å². The summed E-state index contributed by atoms with van der Waals surface area (Å²) in [5, 5.41) is 14.0. The van der Waals surface area contributed by atoms with Gasteiger partial charge in [0.2, 0.25) is 0 Å². The van der Waals surface area contributed by atoms with Crippen LogP contribution in [0.15, 0.2) is 6.20 Å². The van der Waals surface area contributed by atoms with E-state index in [2.05, 4.69) is 5.10 Å². The third kappa shape index (κ3) is 1.48. The maximum atomic E-state index is 9.74. The minimum absolute atomic E-state index is 0.150. The van der Waals surface area contributed by atoms with E-state index < -0.39 is 0 Å². The van der Waals surface area contributed by atoms with Crippen molar-refractivity contribution < 1.29 is 5.11 Å². The molecule has 1 aliphatic carbocycles.